The van der Waals surface area contributed by atoms with Crippen LogP contribution < -0.4 is 19.4 Å². The van der Waals surface area contributed by atoms with Crippen LogP contribution in [-0.2, 0) is 16.7 Å². The Morgan fingerprint density at radius 1 is 1.12 bits per heavy atom. The van der Waals surface area contributed by atoms with Crippen molar-refractivity contribution in [2.75, 3.05) is 14.2 Å². The molecule has 0 atom stereocenters. The number of nitrogens with zero attached hydrogens (tertiary/aromatic N) is 1. The second-order valence-corrected chi connectivity index (χ2v) is 8.86. The third-order valence-electron chi connectivity index (χ3n) is 5.68. The zero-order valence-corrected chi connectivity index (χ0v) is 18.4. The van der Waals surface area contributed by atoms with E-state index in [-0.39, 0.29) is 28.5 Å². The van der Waals surface area contributed by atoms with E-state index in [4.69, 9.17) is 24.4 Å². The van der Waals surface area contributed by atoms with Crippen LogP contribution in [0.15, 0.2) is 47.4 Å². The lowest BCUT2D eigenvalue weighted by Gasteiger charge is -2.25. The van der Waals surface area contributed by atoms with E-state index in [0.717, 1.165) is 0 Å². The number of methoxy groups -OCH3 is 2. The van der Waals surface area contributed by atoms with Crippen LogP contribution in [-0.4, -0.2) is 38.7 Å². The van der Waals surface area contributed by atoms with Gasteiger partial charge in [-0.1, -0.05) is 12.1 Å². The maximum absolute atomic E-state index is 12.4. The SMILES string of the molecule is COc1ccc2c(C(=O)O)c3cc(OC)c(-c4cccc5c4S(=O)(=O)O5)c(CN)c3nc2c1. The van der Waals surface area contributed by atoms with Crippen molar-refractivity contribution in [2.24, 2.45) is 5.73 Å². The van der Waals surface area contributed by atoms with Gasteiger partial charge in [-0.05, 0) is 24.3 Å². The monoisotopic (exact) mass is 466 g/mol. The fourth-order valence-electron chi connectivity index (χ4n) is 4.27. The van der Waals surface area contributed by atoms with E-state index in [9.17, 15) is 18.3 Å². The highest BCUT2D eigenvalue weighted by molar-refractivity contribution is 7.88. The molecule has 9 nitrogen and oxygen atoms in total. The number of aromatic nitrogens is 1. The maximum atomic E-state index is 12.4. The van der Waals surface area contributed by atoms with Crippen LogP contribution in [0.2, 0.25) is 0 Å². The molecule has 0 unspecified atom stereocenters. The summed E-state index contributed by atoms with van der Waals surface area (Å²) in [5.74, 6) is -0.132. The number of carbonyl (C=O) groups is 1. The highest BCUT2D eigenvalue weighted by Crippen LogP contribution is 2.48. The molecule has 0 saturated carbocycles. The van der Waals surface area contributed by atoms with Crippen molar-refractivity contribution in [3.05, 3.63) is 53.6 Å². The van der Waals surface area contributed by atoms with E-state index in [1.54, 1.807) is 42.5 Å². The number of carboxylic acid groups (broad SMARTS) is 1. The summed E-state index contributed by atoms with van der Waals surface area (Å²) < 4.78 is 40.5. The van der Waals surface area contributed by atoms with Crippen LogP contribution in [0.4, 0.5) is 0 Å². The van der Waals surface area contributed by atoms with Gasteiger partial charge in [0.1, 0.15) is 11.5 Å². The van der Waals surface area contributed by atoms with Crippen molar-refractivity contribution >= 4 is 37.9 Å². The first-order valence-corrected chi connectivity index (χ1v) is 11.2. The first-order valence-electron chi connectivity index (χ1n) is 9.83. The molecule has 2 heterocycles. The molecule has 4 aromatic rings. The third kappa shape index (κ3) is 2.99. The first kappa shape index (κ1) is 21.0. The van der Waals surface area contributed by atoms with Crippen LogP contribution in [0.5, 0.6) is 17.2 Å². The number of rotatable bonds is 5. The van der Waals surface area contributed by atoms with Crippen LogP contribution in [0, 0.1) is 0 Å². The quantitative estimate of drug-likeness (QED) is 0.335. The van der Waals surface area contributed by atoms with Crippen molar-refractivity contribution in [1.29, 1.82) is 0 Å². The highest BCUT2D eigenvalue weighted by Gasteiger charge is 2.38. The Labute approximate surface area is 188 Å². The standard InChI is InChI=1S/C23H18N2O7S/c1-30-11-6-7-12-16(8-11)25-21-14(20(12)23(26)27)9-18(31-2)19(15(21)10-24)13-4-3-5-17-22(13)33(28,29)32-17/h3-9H,10,24H2,1-2H3,(H,26,27). The number of hydrogen-bond donors (Lipinski definition) is 2. The Kier molecular flexibility index (Phi) is 4.66. The van der Waals surface area contributed by atoms with Crippen LogP contribution in [0.1, 0.15) is 15.9 Å². The summed E-state index contributed by atoms with van der Waals surface area (Å²) in [5, 5.41) is 10.8. The molecule has 1 aromatic heterocycles. The third-order valence-corrected chi connectivity index (χ3v) is 7.00. The molecule has 168 valence electrons. The molecule has 3 aromatic carbocycles. The maximum Gasteiger partial charge on any atom is 0.343 e. The molecule has 0 fully saturated rings. The van der Waals surface area contributed by atoms with Crippen molar-refractivity contribution in [1.82, 2.24) is 4.98 Å². The Morgan fingerprint density at radius 2 is 1.91 bits per heavy atom. The molecule has 1 aliphatic rings. The van der Waals surface area contributed by atoms with E-state index < -0.39 is 16.1 Å². The van der Waals surface area contributed by atoms with Gasteiger partial charge >= 0.3 is 16.1 Å². The first-order chi connectivity index (χ1) is 15.8. The fourth-order valence-corrected chi connectivity index (χ4v) is 5.41. The number of aromatic carboxylic acids is 1. The molecule has 0 spiro atoms. The summed E-state index contributed by atoms with van der Waals surface area (Å²) in [6.45, 7) is -0.0465. The van der Waals surface area contributed by atoms with E-state index in [2.05, 4.69) is 0 Å². The van der Waals surface area contributed by atoms with Gasteiger partial charge in [0.15, 0.2) is 10.6 Å². The lowest BCUT2D eigenvalue weighted by atomic mass is 9.92. The number of benzene rings is 3. The number of carboxylic acids is 1. The fraction of sp³-hybridized carbons (Fsp3) is 0.130. The summed E-state index contributed by atoms with van der Waals surface area (Å²) in [4.78, 5) is 17.0. The predicted molar refractivity (Wildman–Crippen MR) is 120 cm³/mol. The second-order valence-electron chi connectivity index (χ2n) is 7.38. The Hall–Kier alpha value is -3.89. The Bertz CT molecular complexity index is 1600. The smallest absolute Gasteiger partial charge is 0.343 e. The summed E-state index contributed by atoms with van der Waals surface area (Å²) in [7, 11) is -0.990. The van der Waals surface area contributed by atoms with Gasteiger partial charge in [-0.25, -0.2) is 9.78 Å². The van der Waals surface area contributed by atoms with Crippen molar-refractivity contribution in [2.45, 2.75) is 11.4 Å². The van der Waals surface area contributed by atoms with Crippen molar-refractivity contribution < 1.29 is 32.0 Å². The lowest BCUT2D eigenvalue weighted by molar-refractivity contribution is 0.0701. The van der Waals surface area contributed by atoms with E-state index >= 15 is 0 Å². The van der Waals surface area contributed by atoms with Gasteiger partial charge in [0.05, 0.1) is 30.8 Å². The van der Waals surface area contributed by atoms with Gasteiger partial charge in [0.2, 0.25) is 0 Å². The van der Waals surface area contributed by atoms with Crippen LogP contribution >= 0.6 is 0 Å². The summed E-state index contributed by atoms with van der Waals surface area (Å²) in [6.07, 6.45) is 0. The van der Waals surface area contributed by atoms with Gasteiger partial charge in [-0.3, -0.25) is 0 Å². The molecule has 0 bridgehead atoms. The zero-order valence-electron chi connectivity index (χ0n) is 17.6. The Balaban J connectivity index is 1.97. The van der Waals surface area contributed by atoms with Gasteiger partial charge < -0.3 is 24.5 Å². The molecule has 0 radical (unpaired) electrons. The molecular weight excluding hydrogens is 448 g/mol. The van der Waals surface area contributed by atoms with E-state index in [1.165, 1.54) is 14.2 Å². The molecule has 1 aliphatic heterocycles. The predicted octanol–water partition coefficient (Wildman–Crippen LogP) is 3.31. The topological polar surface area (TPSA) is 138 Å². The van der Waals surface area contributed by atoms with Crippen molar-refractivity contribution in [3.63, 3.8) is 0 Å². The van der Waals surface area contributed by atoms with Crippen molar-refractivity contribution in [3.8, 4) is 28.4 Å². The van der Waals surface area contributed by atoms with Gasteiger partial charge in [-0.2, -0.15) is 8.42 Å². The molecule has 3 N–H and O–H groups in total. The number of ether oxygens (including phenoxy) is 2. The van der Waals surface area contributed by atoms with Gasteiger partial charge in [0, 0.05) is 40.1 Å². The summed E-state index contributed by atoms with van der Waals surface area (Å²) in [5.41, 5.74) is 8.12. The van der Waals surface area contributed by atoms with Gasteiger partial charge in [-0.15, -0.1) is 0 Å². The summed E-state index contributed by atoms with van der Waals surface area (Å²) >= 11 is 0. The average Bonchev–Trinajstić information content (AvgIpc) is 2.79. The van der Waals surface area contributed by atoms with Crippen LogP contribution in [0.25, 0.3) is 32.9 Å². The number of hydrogen-bond acceptors (Lipinski definition) is 8. The minimum atomic E-state index is -3.92. The molecule has 0 aliphatic carbocycles. The zero-order chi connectivity index (χ0) is 23.5. The Morgan fingerprint density at radius 3 is 2.55 bits per heavy atom. The molecule has 0 saturated heterocycles. The molecule has 33 heavy (non-hydrogen) atoms. The molecule has 10 heteroatoms. The van der Waals surface area contributed by atoms with E-state index in [1.807, 2.05) is 0 Å². The average molecular weight is 466 g/mol. The molecule has 0 amide bonds. The summed E-state index contributed by atoms with van der Waals surface area (Å²) in [6, 6.07) is 11.3. The normalized spacial score (nSPS) is 13.8. The number of pyridine rings is 1. The highest BCUT2D eigenvalue weighted by atomic mass is 32.2. The van der Waals surface area contributed by atoms with Crippen LogP contribution in [0.3, 0.4) is 0 Å². The van der Waals surface area contributed by atoms with E-state index in [0.29, 0.717) is 44.2 Å². The number of nitrogens with two attached hydrogens (primary N) is 1. The second kappa shape index (κ2) is 7.32. The molecular formula is C23H18N2O7S. The minimum Gasteiger partial charge on any atom is -0.497 e. The largest absolute Gasteiger partial charge is 0.497 e. The number of fused-ring (bicyclic) bond motifs is 3. The lowest BCUT2D eigenvalue weighted by Crippen LogP contribution is -2.22. The van der Waals surface area contributed by atoms with Gasteiger partial charge in [0.25, 0.3) is 0 Å². The molecule has 5 rings (SSSR count). The minimum absolute atomic E-state index is 0.0262.